The number of hydrogen-bond donors (Lipinski definition) is 3. The van der Waals surface area contributed by atoms with E-state index in [1.165, 1.54) is 54.7 Å². The molecule has 0 saturated carbocycles. The van der Waals surface area contributed by atoms with Crippen molar-refractivity contribution in [1.29, 1.82) is 0 Å². The minimum Gasteiger partial charge on any atom is -0.507 e. The van der Waals surface area contributed by atoms with Gasteiger partial charge in [-0.15, -0.1) is 0 Å². The molecule has 3 aromatic carbocycles. The maximum Gasteiger partial charge on any atom is 0.434 e. The molecule has 4 N–H and O–H groups in total. The zero-order valence-corrected chi connectivity index (χ0v) is 20.2. The number of nitrogens with one attached hydrogen (secondary N) is 1. The van der Waals surface area contributed by atoms with E-state index in [0.29, 0.717) is 5.69 Å². The number of hydrogen-bond acceptors (Lipinski definition) is 7. The first-order valence-electron chi connectivity index (χ1n) is 11.5. The highest BCUT2D eigenvalue weighted by Crippen LogP contribution is 2.36. The molecule has 0 bridgehead atoms. The Labute approximate surface area is 223 Å². The highest BCUT2D eigenvalue weighted by atomic mass is 19.4. The van der Waals surface area contributed by atoms with E-state index in [0.717, 1.165) is 17.0 Å². The predicted molar refractivity (Wildman–Crippen MR) is 137 cm³/mol. The van der Waals surface area contributed by atoms with E-state index >= 15 is 0 Å². The molecular weight excluding hydrogens is 532 g/mol. The second-order valence-electron chi connectivity index (χ2n) is 8.33. The van der Waals surface area contributed by atoms with Gasteiger partial charge in [0.05, 0.1) is 5.69 Å². The Morgan fingerprint density at radius 1 is 1.00 bits per heavy atom. The van der Waals surface area contributed by atoms with Gasteiger partial charge < -0.3 is 20.9 Å². The molecule has 2 heterocycles. The third kappa shape index (κ3) is 5.38. The first-order chi connectivity index (χ1) is 19.1. The van der Waals surface area contributed by atoms with Gasteiger partial charge >= 0.3 is 6.18 Å². The average Bonchev–Trinajstić information content (AvgIpc) is 3.38. The smallest absolute Gasteiger partial charge is 0.434 e. The van der Waals surface area contributed by atoms with Crippen molar-refractivity contribution in [2.24, 2.45) is 0 Å². The normalized spacial score (nSPS) is 11.3. The Morgan fingerprint density at radius 2 is 1.77 bits per heavy atom. The SMILES string of the molecule is Nc1nccc(-c2cc(Oc3ccc(NC(=O)c4ncn(-c5ccccc5)c4C(F)(F)F)cc3F)ccc2O)n1. The number of carbonyl (C=O) groups excluding carboxylic acids is 1. The van der Waals surface area contributed by atoms with Crippen LogP contribution in [-0.2, 0) is 6.18 Å². The number of nitrogen functional groups attached to an aromatic ring is 1. The van der Waals surface area contributed by atoms with Gasteiger partial charge in [-0.25, -0.2) is 19.3 Å². The number of phenols is 1. The van der Waals surface area contributed by atoms with Gasteiger partial charge in [0, 0.05) is 29.2 Å². The Bertz CT molecular complexity index is 1710. The van der Waals surface area contributed by atoms with E-state index in [1.54, 1.807) is 18.2 Å². The number of nitrogens with two attached hydrogens (primary N) is 1. The molecule has 2 aromatic heterocycles. The molecule has 0 fully saturated rings. The average molecular weight is 550 g/mol. The molecule has 13 heteroatoms. The molecular formula is C27H18F4N6O3. The number of aromatic nitrogens is 4. The highest BCUT2D eigenvalue weighted by Gasteiger charge is 2.40. The minimum absolute atomic E-state index is 0.0129. The number of nitrogens with zero attached hydrogens (tertiary/aromatic N) is 4. The Hall–Kier alpha value is -5.46. The van der Waals surface area contributed by atoms with Gasteiger partial charge in [-0.05, 0) is 48.5 Å². The molecule has 9 nitrogen and oxygen atoms in total. The van der Waals surface area contributed by atoms with Crippen molar-refractivity contribution >= 4 is 17.5 Å². The summed E-state index contributed by atoms with van der Waals surface area (Å²) in [4.78, 5) is 24.3. The topological polar surface area (TPSA) is 128 Å². The number of ether oxygens (including phenoxy) is 1. The van der Waals surface area contributed by atoms with E-state index in [1.807, 2.05) is 0 Å². The van der Waals surface area contributed by atoms with Crippen molar-refractivity contribution < 1.29 is 32.2 Å². The molecule has 0 saturated heterocycles. The molecule has 0 aliphatic rings. The number of para-hydroxylation sites is 1. The van der Waals surface area contributed by atoms with E-state index in [4.69, 9.17) is 10.5 Å². The number of alkyl halides is 3. The lowest BCUT2D eigenvalue weighted by atomic mass is 10.1. The van der Waals surface area contributed by atoms with Crippen LogP contribution in [0, 0.1) is 5.82 Å². The first-order valence-corrected chi connectivity index (χ1v) is 11.5. The molecule has 0 radical (unpaired) electrons. The lowest BCUT2D eigenvalue weighted by Crippen LogP contribution is -2.21. The summed E-state index contributed by atoms with van der Waals surface area (Å²) in [6.45, 7) is 0. The maximum atomic E-state index is 14.9. The minimum atomic E-state index is -4.90. The first kappa shape index (κ1) is 26.2. The van der Waals surface area contributed by atoms with Crippen LogP contribution in [0.15, 0.2) is 85.3 Å². The van der Waals surface area contributed by atoms with Gasteiger partial charge in [-0.3, -0.25) is 9.36 Å². The van der Waals surface area contributed by atoms with Crippen molar-refractivity contribution in [2.75, 3.05) is 11.1 Å². The third-order valence-electron chi connectivity index (χ3n) is 5.62. The molecule has 1 amide bonds. The van der Waals surface area contributed by atoms with Crippen molar-refractivity contribution in [1.82, 2.24) is 19.5 Å². The largest absolute Gasteiger partial charge is 0.507 e. The number of halogens is 4. The number of rotatable bonds is 6. The Balaban J connectivity index is 1.37. The maximum absolute atomic E-state index is 14.9. The van der Waals surface area contributed by atoms with Gasteiger partial charge in [-0.2, -0.15) is 13.2 Å². The number of anilines is 2. The van der Waals surface area contributed by atoms with E-state index in [-0.39, 0.29) is 40.1 Å². The van der Waals surface area contributed by atoms with Crippen molar-refractivity contribution in [3.63, 3.8) is 0 Å². The number of amides is 1. The molecule has 5 aromatic rings. The Kier molecular flexibility index (Phi) is 6.78. The summed E-state index contributed by atoms with van der Waals surface area (Å²) in [6, 6.07) is 16.6. The van der Waals surface area contributed by atoms with Gasteiger partial charge in [0.2, 0.25) is 5.95 Å². The molecule has 0 atom stereocenters. The molecule has 0 aliphatic carbocycles. The second kappa shape index (κ2) is 10.4. The van der Waals surface area contributed by atoms with Crippen LogP contribution in [0.5, 0.6) is 17.2 Å². The van der Waals surface area contributed by atoms with Crippen molar-refractivity contribution in [3.8, 4) is 34.2 Å². The second-order valence-corrected chi connectivity index (χ2v) is 8.33. The zero-order chi connectivity index (χ0) is 28.4. The number of phenolic OH excluding ortho intramolecular Hbond substituents is 1. The number of imidazole rings is 1. The predicted octanol–water partition coefficient (Wildman–Crippen LogP) is 5.82. The van der Waals surface area contributed by atoms with Gasteiger partial charge in [0.1, 0.15) is 17.8 Å². The molecule has 0 spiro atoms. The summed E-state index contributed by atoms with van der Waals surface area (Å²) < 4.78 is 62.9. The summed E-state index contributed by atoms with van der Waals surface area (Å²) in [5.41, 5.74) is 4.05. The third-order valence-corrected chi connectivity index (χ3v) is 5.62. The summed E-state index contributed by atoms with van der Waals surface area (Å²) in [7, 11) is 0. The number of aromatic hydroxyl groups is 1. The molecule has 40 heavy (non-hydrogen) atoms. The summed E-state index contributed by atoms with van der Waals surface area (Å²) in [6.07, 6.45) is -2.60. The van der Waals surface area contributed by atoms with Crippen LogP contribution in [0.4, 0.5) is 29.2 Å². The van der Waals surface area contributed by atoms with Crippen LogP contribution >= 0.6 is 0 Å². The fraction of sp³-hybridized carbons (Fsp3) is 0.0370. The van der Waals surface area contributed by atoms with Gasteiger partial charge in [-0.1, -0.05) is 18.2 Å². The van der Waals surface area contributed by atoms with Crippen LogP contribution in [0.1, 0.15) is 16.2 Å². The Morgan fingerprint density at radius 3 is 2.48 bits per heavy atom. The monoisotopic (exact) mass is 550 g/mol. The fourth-order valence-electron chi connectivity index (χ4n) is 3.86. The van der Waals surface area contributed by atoms with E-state index in [9.17, 15) is 27.5 Å². The lowest BCUT2D eigenvalue weighted by molar-refractivity contribution is -0.142. The summed E-state index contributed by atoms with van der Waals surface area (Å²) >= 11 is 0. The van der Waals surface area contributed by atoms with Crippen LogP contribution in [0.3, 0.4) is 0 Å². The lowest BCUT2D eigenvalue weighted by Gasteiger charge is -2.13. The summed E-state index contributed by atoms with van der Waals surface area (Å²) in [5, 5.41) is 12.4. The standard InChI is InChI=1S/C27H18F4N6O3/c28-19-12-15(35-25(39)23-24(27(29,30)31)37(14-34-23)16-4-2-1-3-5-16)6-9-22(19)40-17-7-8-21(38)18(13-17)20-10-11-33-26(32)36-20/h1-14,38H,(H,35,39)(H2,32,33,36). The van der Waals surface area contributed by atoms with Gasteiger partial charge in [0.25, 0.3) is 5.91 Å². The fourth-order valence-corrected chi connectivity index (χ4v) is 3.86. The quantitative estimate of drug-likeness (QED) is 0.227. The van der Waals surface area contributed by atoms with Crippen molar-refractivity contribution in [3.05, 3.63) is 103 Å². The molecule has 5 rings (SSSR count). The molecule has 0 aliphatic heterocycles. The van der Waals surface area contributed by atoms with Crippen LogP contribution in [0.25, 0.3) is 16.9 Å². The van der Waals surface area contributed by atoms with Gasteiger partial charge in [0.15, 0.2) is 23.0 Å². The van der Waals surface area contributed by atoms with E-state index in [2.05, 4.69) is 20.3 Å². The molecule has 202 valence electrons. The molecule has 0 unspecified atom stereocenters. The summed E-state index contributed by atoms with van der Waals surface area (Å²) in [5.74, 6) is -2.34. The van der Waals surface area contributed by atoms with E-state index < -0.39 is 29.3 Å². The number of benzene rings is 3. The van der Waals surface area contributed by atoms with Crippen LogP contribution in [-0.4, -0.2) is 30.5 Å². The highest BCUT2D eigenvalue weighted by molar-refractivity contribution is 6.04. The zero-order valence-electron chi connectivity index (χ0n) is 20.2. The van der Waals surface area contributed by atoms with Crippen LogP contribution in [0.2, 0.25) is 0 Å². The number of carbonyl (C=O) groups is 1. The van der Waals surface area contributed by atoms with Crippen molar-refractivity contribution in [2.45, 2.75) is 6.18 Å². The van der Waals surface area contributed by atoms with Crippen LogP contribution < -0.4 is 15.8 Å².